The Morgan fingerprint density at radius 3 is 2.57 bits per heavy atom. The Kier molecular flexibility index (Phi) is 6.47. The number of ether oxygens (including phenoxy) is 2. The third-order valence-electron chi connectivity index (χ3n) is 9.53. The highest BCUT2D eigenvalue weighted by Gasteiger charge is 2.62. The second-order valence-corrected chi connectivity index (χ2v) is 12.8. The Hall–Kier alpha value is -2.71. The largest absolute Gasteiger partial charge is 0.462 e. The summed E-state index contributed by atoms with van der Waals surface area (Å²) in [4.78, 5) is 24.4. The van der Waals surface area contributed by atoms with Crippen molar-refractivity contribution in [3.8, 4) is 5.75 Å². The number of rotatable bonds is 5. The van der Waals surface area contributed by atoms with E-state index in [2.05, 4.69) is 19.9 Å². The fraction of sp³-hybridized carbons (Fsp3) is 0.517. The molecule has 2 N–H and O–H groups in total. The zero-order valence-electron chi connectivity index (χ0n) is 21.7. The molecule has 0 saturated heterocycles. The molecule has 37 heavy (non-hydrogen) atoms. The van der Waals surface area contributed by atoms with E-state index in [4.69, 9.17) is 14.6 Å². The van der Waals surface area contributed by atoms with E-state index in [1.54, 1.807) is 0 Å². The summed E-state index contributed by atoms with van der Waals surface area (Å²) in [6.45, 7) is 6.14. The molecule has 0 unspecified atom stereocenters. The van der Waals surface area contributed by atoms with Gasteiger partial charge in [-0.05, 0) is 104 Å². The summed E-state index contributed by atoms with van der Waals surface area (Å²) < 4.78 is 34.7. The lowest BCUT2D eigenvalue weighted by Crippen LogP contribution is -2.51. The topological polar surface area (TPSA) is 113 Å². The highest BCUT2D eigenvalue weighted by atomic mass is 32.2. The van der Waals surface area contributed by atoms with Crippen LogP contribution in [0.4, 0.5) is 0 Å². The summed E-state index contributed by atoms with van der Waals surface area (Å²) in [7, 11) is -3.92. The molecule has 2 fully saturated rings. The van der Waals surface area contributed by atoms with Crippen LogP contribution in [0.1, 0.15) is 86.7 Å². The second-order valence-electron chi connectivity index (χ2n) is 11.2. The summed E-state index contributed by atoms with van der Waals surface area (Å²) in [6, 6.07) is 11.5. The molecule has 5 atom stereocenters. The van der Waals surface area contributed by atoms with Crippen LogP contribution in [-0.2, 0) is 26.0 Å². The third kappa shape index (κ3) is 4.38. The maximum atomic E-state index is 12.8. The standard InChI is InChI=1S/C29H35NO6S/c1-4-29-15-12-19-16-21(36-27(32)20-6-5-7-22(17-20)37(30,33)34)8-9-23(19)24(29)13-14-28(3)25(29)10-11-26(28)35-18(2)31/h5-9,16-17,24-26H,4,10-15H2,1-3H3,(H2,30,33,34)/t24-,25-,26+,28+,29-/m1/s1. The first-order valence-electron chi connectivity index (χ1n) is 13.1. The van der Waals surface area contributed by atoms with Crippen LogP contribution < -0.4 is 9.88 Å². The Morgan fingerprint density at radius 2 is 1.86 bits per heavy atom. The van der Waals surface area contributed by atoms with Crippen molar-refractivity contribution >= 4 is 22.0 Å². The molecule has 0 aromatic heterocycles. The number of fused-ring (bicyclic) bond motifs is 5. The quantitative estimate of drug-likeness (QED) is 0.428. The number of aryl methyl sites for hydroxylation is 1. The molecule has 2 aromatic carbocycles. The van der Waals surface area contributed by atoms with Crippen molar-refractivity contribution in [2.45, 2.75) is 82.6 Å². The highest BCUT2D eigenvalue weighted by Crippen LogP contribution is 2.68. The van der Waals surface area contributed by atoms with Crippen LogP contribution >= 0.6 is 0 Å². The van der Waals surface area contributed by atoms with Crippen molar-refractivity contribution in [3.63, 3.8) is 0 Å². The number of hydrogen-bond donors (Lipinski definition) is 1. The van der Waals surface area contributed by atoms with E-state index in [9.17, 15) is 18.0 Å². The number of nitrogens with two attached hydrogens (primary N) is 1. The van der Waals surface area contributed by atoms with Crippen molar-refractivity contribution in [2.75, 3.05) is 0 Å². The minimum Gasteiger partial charge on any atom is -0.462 e. The smallest absolute Gasteiger partial charge is 0.343 e. The third-order valence-corrected chi connectivity index (χ3v) is 10.4. The van der Waals surface area contributed by atoms with E-state index in [0.29, 0.717) is 17.6 Å². The molecular formula is C29H35NO6S. The zero-order valence-corrected chi connectivity index (χ0v) is 22.5. The van der Waals surface area contributed by atoms with Crippen LogP contribution in [0.15, 0.2) is 47.4 Å². The van der Waals surface area contributed by atoms with Crippen LogP contribution in [0.3, 0.4) is 0 Å². The summed E-state index contributed by atoms with van der Waals surface area (Å²) in [5.41, 5.74) is 2.85. The van der Waals surface area contributed by atoms with Crippen LogP contribution in [0.25, 0.3) is 0 Å². The highest BCUT2D eigenvalue weighted by molar-refractivity contribution is 7.89. The monoisotopic (exact) mass is 525 g/mol. The van der Waals surface area contributed by atoms with Crippen molar-refractivity contribution in [3.05, 3.63) is 59.2 Å². The van der Waals surface area contributed by atoms with Gasteiger partial charge in [0.1, 0.15) is 11.9 Å². The van der Waals surface area contributed by atoms with Gasteiger partial charge < -0.3 is 9.47 Å². The molecule has 0 bridgehead atoms. The SMILES string of the molecule is CC[C@@]12CCc3cc(OC(=O)c4cccc(S(N)(=O)=O)c4)ccc3[C@H]1CC[C@]1(C)[C@@H](OC(C)=O)CC[C@H]12. The van der Waals surface area contributed by atoms with Gasteiger partial charge in [-0.3, -0.25) is 4.79 Å². The summed E-state index contributed by atoms with van der Waals surface area (Å²) >= 11 is 0. The Labute approximate surface area is 218 Å². The van der Waals surface area contributed by atoms with Crippen LogP contribution in [0.2, 0.25) is 0 Å². The van der Waals surface area contributed by atoms with E-state index in [1.165, 1.54) is 42.3 Å². The van der Waals surface area contributed by atoms with Crippen LogP contribution in [-0.4, -0.2) is 26.5 Å². The van der Waals surface area contributed by atoms with Crippen molar-refractivity contribution < 1.29 is 27.5 Å². The predicted molar refractivity (Wildman–Crippen MR) is 139 cm³/mol. The van der Waals surface area contributed by atoms with Crippen molar-refractivity contribution in [1.29, 1.82) is 0 Å². The van der Waals surface area contributed by atoms with Gasteiger partial charge in [0.25, 0.3) is 0 Å². The van der Waals surface area contributed by atoms with E-state index < -0.39 is 16.0 Å². The fourth-order valence-corrected chi connectivity index (χ4v) is 8.44. The lowest BCUT2D eigenvalue weighted by atomic mass is 9.46. The van der Waals surface area contributed by atoms with Gasteiger partial charge in [0.15, 0.2) is 0 Å². The normalized spacial score (nSPS) is 30.5. The van der Waals surface area contributed by atoms with Crippen LogP contribution in [0.5, 0.6) is 5.75 Å². The fourth-order valence-electron chi connectivity index (χ4n) is 7.88. The Morgan fingerprint density at radius 1 is 1.08 bits per heavy atom. The Balaban J connectivity index is 1.39. The average molecular weight is 526 g/mol. The first-order valence-corrected chi connectivity index (χ1v) is 14.7. The maximum Gasteiger partial charge on any atom is 0.343 e. The number of benzene rings is 2. The summed E-state index contributed by atoms with van der Waals surface area (Å²) in [5.74, 6) is 0.564. The molecule has 0 heterocycles. The lowest BCUT2D eigenvalue weighted by molar-refractivity contribution is -0.158. The molecule has 3 aliphatic rings. The molecule has 0 aliphatic heterocycles. The number of hydrogen-bond acceptors (Lipinski definition) is 6. The number of esters is 2. The summed E-state index contributed by atoms with van der Waals surface area (Å²) in [6.07, 6.45) is 7.13. The van der Waals surface area contributed by atoms with Crippen LogP contribution in [0, 0.1) is 16.7 Å². The first-order chi connectivity index (χ1) is 17.5. The second kappa shape index (κ2) is 9.24. The van der Waals surface area contributed by atoms with Gasteiger partial charge in [0, 0.05) is 12.3 Å². The van der Waals surface area contributed by atoms with Gasteiger partial charge in [0.2, 0.25) is 10.0 Å². The van der Waals surface area contributed by atoms with E-state index in [0.717, 1.165) is 44.9 Å². The molecular weight excluding hydrogens is 490 g/mol. The molecule has 0 spiro atoms. The van der Waals surface area contributed by atoms with Gasteiger partial charge in [-0.1, -0.05) is 26.0 Å². The number of sulfonamides is 1. The van der Waals surface area contributed by atoms with Crippen molar-refractivity contribution in [1.82, 2.24) is 0 Å². The molecule has 3 aliphatic carbocycles. The molecule has 198 valence electrons. The van der Waals surface area contributed by atoms with Crippen molar-refractivity contribution in [2.24, 2.45) is 21.9 Å². The van der Waals surface area contributed by atoms with E-state index in [-0.39, 0.29) is 33.4 Å². The van der Waals surface area contributed by atoms with E-state index >= 15 is 0 Å². The Bertz CT molecular complexity index is 1350. The maximum absolute atomic E-state index is 12.8. The minimum atomic E-state index is -3.92. The number of primary sulfonamides is 1. The average Bonchev–Trinajstić information content (AvgIpc) is 3.19. The predicted octanol–water partition coefficient (Wildman–Crippen LogP) is 5.12. The van der Waals surface area contributed by atoms with Gasteiger partial charge in [-0.15, -0.1) is 0 Å². The van der Waals surface area contributed by atoms with Gasteiger partial charge in [-0.2, -0.15) is 0 Å². The molecule has 2 aromatic rings. The molecule has 0 amide bonds. The molecule has 2 saturated carbocycles. The number of carbonyl (C=O) groups is 2. The summed E-state index contributed by atoms with van der Waals surface area (Å²) in [5, 5.41) is 5.20. The van der Waals surface area contributed by atoms with Gasteiger partial charge in [0.05, 0.1) is 10.5 Å². The van der Waals surface area contributed by atoms with Gasteiger partial charge >= 0.3 is 11.9 Å². The van der Waals surface area contributed by atoms with E-state index in [1.807, 2.05) is 12.1 Å². The lowest BCUT2D eigenvalue weighted by Gasteiger charge is -2.58. The van der Waals surface area contributed by atoms with Gasteiger partial charge in [-0.25, -0.2) is 18.4 Å². The minimum absolute atomic E-state index is 0.00433. The molecule has 5 rings (SSSR count). The molecule has 7 nitrogen and oxygen atoms in total. The molecule has 8 heteroatoms. The first kappa shape index (κ1) is 25.9. The molecule has 0 radical (unpaired) electrons. The zero-order chi connectivity index (χ0) is 26.6. The number of carbonyl (C=O) groups excluding carboxylic acids is 2.